The van der Waals surface area contributed by atoms with E-state index < -0.39 is 0 Å². The molecular formula is C54H34S. The van der Waals surface area contributed by atoms with Crippen LogP contribution in [0.25, 0.3) is 108 Å². The zero-order valence-corrected chi connectivity index (χ0v) is 30.9. The van der Waals surface area contributed by atoms with E-state index in [0.717, 1.165) is 0 Å². The fraction of sp³-hybridized carbons (Fsp3) is 0. The molecule has 0 unspecified atom stereocenters. The summed E-state index contributed by atoms with van der Waals surface area (Å²) in [5.74, 6) is 0. The third kappa shape index (κ3) is 5.28. The van der Waals surface area contributed by atoms with Gasteiger partial charge in [-0.3, -0.25) is 0 Å². The van der Waals surface area contributed by atoms with Crippen molar-refractivity contribution in [2.24, 2.45) is 0 Å². The molecule has 0 atom stereocenters. The van der Waals surface area contributed by atoms with Crippen molar-refractivity contribution < 1.29 is 0 Å². The second-order valence-electron chi connectivity index (χ2n) is 14.4. The Balaban J connectivity index is 1.09. The van der Waals surface area contributed by atoms with Crippen LogP contribution >= 0.6 is 11.3 Å². The fourth-order valence-corrected chi connectivity index (χ4v) is 10.1. The van der Waals surface area contributed by atoms with Crippen LogP contribution in [-0.4, -0.2) is 0 Å². The first kappa shape index (κ1) is 31.7. The quantitative estimate of drug-likeness (QED) is 0.156. The minimum Gasteiger partial charge on any atom is -0.134 e. The average molecular weight is 715 g/mol. The van der Waals surface area contributed by atoms with Crippen molar-refractivity contribution in [2.75, 3.05) is 0 Å². The van der Waals surface area contributed by atoms with Crippen LogP contribution in [-0.2, 0) is 0 Å². The van der Waals surface area contributed by atoms with E-state index in [9.17, 15) is 0 Å². The first-order valence-electron chi connectivity index (χ1n) is 18.9. The van der Waals surface area contributed by atoms with Gasteiger partial charge in [-0.05, 0) is 106 Å². The van der Waals surface area contributed by atoms with Crippen molar-refractivity contribution in [3.63, 3.8) is 0 Å². The normalized spacial score (nSPS) is 11.6. The van der Waals surface area contributed by atoms with Crippen LogP contribution in [0.2, 0.25) is 0 Å². The van der Waals surface area contributed by atoms with E-state index in [0.29, 0.717) is 0 Å². The topological polar surface area (TPSA) is 0 Å². The maximum Gasteiger partial charge on any atom is 0.0434 e. The molecule has 0 amide bonds. The minimum absolute atomic E-state index is 1.21. The SMILES string of the molecule is c1ccc(-c2c3ccccc3c(-c3ccccc3)c3cc(-c4cccc(-c5cccc6c5sc5c(-c7ccc8ccccc8c7)cccc56)c4)ccc23)cc1. The van der Waals surface area contributed by atoms with Gasteiger partial charge >= 0.3 is 0 Å². The standard InChI is InChI=1S/C54H34S/c1-3-15-36(16-4-1)51-45-22-9-10-23-46(45)52(37-17-5-2-6-18-37)50-34-40(30-31-47(50)51)39-20-11-21-41(33-39)43-24-12-26-48-49-27-13-25-44(54(49)55-53(43)48)42-29-28-35-14-7-8-19-38(35)32-42/h1-34H. The van der Waals surface area contributed by atoms with Gasteiger partial charge < -0.3 is 0 Å². The first-order valence-corrected chi connectivity index (χ1v) is 19.7. The predicted molar refractivity (Wildman–Crippen MR) is 239 cm³/mol. The Morgan fingerprint density at radius 2 is 0.691 bits per heavy atom. The van der Waals surface area contributed by atoms with Crippen molar-refractivity contribution in [3.8, 4) is 55.6 Å². The maximum atomic E-state index is 2.42. The molecule has 0 aliphatic heterocycles. The zero-order chi connectivity index (χ0) is 36.3. The van der Waals surface area contributed by atoms with E-state index in [2.05, 4.69) is 206 Å². The van der Waals surface area contributed by atoms with Crippen molar-refractivity contribution >= 4 is 63.8 Å². The Morgan fingerprint density at radius 3 is 1.36 bits per heavy atom. The lowest BCUT2D eigenvalue weighted by Crippen LogP contribution is -1.91. The van der Waals surface area contributed by atoms with Crippen LogP contribution in [0.15, 0.2) is 206 Å². The van der Waals surface area contributed by atoms with Gasteiger partial charge in [0.2, 0.25) is 0 Å². The molecule has 0 saturated carbocycles. The van der Waals surface area contributed by atoms with E-state index in [1.54, 1.807) is 0 Å². The van der Waals surface area contributed by atoms with Crippen LogP contribution in [0.5, 0.6) is 0 Å². The number of fused-ring (bicyclic) bond motifs is 6. The Kier molecular flexibility index (Phi) is 7.46. The van der Waals surface area contributed by atoms with Crippen LogP contribution in [0, 0.1) is 0 Å². The second kappa shape index (κ2) is 13.0. The molecule has 11 rings (SSSR count). The summed E-state index contributed by atoms with van der Waals surface area (Å²) in [5.41, 5.74) is 12.5. The minimum atomic E-state index is 1.21. The highest BCUT2D eigenvalue weighted by Crippen LogP contribution is 2.47. The molecule has 1 aromatic heterocycles. The van der Waals surface area contributed by atoms with E-state index in [1.807, 2.05) is 11.3 Å². The molecule has 0 bridgehead atoms. The summed E-state index contributed by atoms with van der Waals surface area (Å²) < 4.78 is 2.66. The largest absolute Gasteiger partial charge is 0.134 e. The van der Waals surface area contributed by atoms with Gasteiger partial charge in [-0.2, -0.15) is 0 Å². The molecule has 0 saturated heterocycles. The molecule has 0 N–H and O–H groups in total. The smallest absolute Gasteiger partial charge is 0.0434 e. The number of rotatable bonds is 5. The van der Waals surface area contributed by atoms with Gasteiger partial charge in [0, 0.05) is 20.2 Å². The van der Waals surface area contributed by atoms with Gasteiger partial charge in [0.15, 0.2) is 0 Å². The molecule has 1 heterocycles. The van der Waals surface area contributed by atoms with Gasteiger partial charge in [-0.1, -0.05) is 188 Å². The predicted octanol–water partition coefficient (Wildman–Crippen LogP) is 15.8. The molecule has 0 spiro atoms. The van der Waals surface area contributed by atoms with Crippen molar-refractivity contribution in [3.05, 3.63) is 206 Å². The molecule has 10 aromatic carbocycles. The Bertz CT molecular complexity index is 3240. The summed E-state index contributed by atoms with van der Waals surface area (Å²) in [6.07, 6.45) is 0. The summed E-state index contributed by atoms with van der Waals surface area (Å²) in [6.45, 7) is 0. The van der Waals surface area contributed by atoms with Crippen LogP contribution in [0.4, 0.5) is 0 Å². The van der Waals surface area contributed by atoms with E-state index >= 15 is 0 Å². The molecule has 256 valence electrons. The average Bonchev–Trinajstić information content (AvgIpc) is 3.65. The zero-order valence-electron chi connectivity index (χ0n) is 30.0. The van der Waals surface area contributed by atoms with Crippen LogP contribution < -0.4 is 0 Å². The van der Waals surface area contributed by atoms with E-state index in [4.69, 9.17) is 0 Å². The highest BCUT2D eigenvalue weighted by Gasteiger charge is 2.18. The highest BCUT2D eigenvalue weighted by molar-refractivity contribution is 7.26. The summed E-state index contributed by atoms with van der Waals surface area (Å²) in [7, 11) is 0. The van der Waals surface area contributed by atoms with Crippen molar-refractivity contribution in [1.29, 1.82) is 0 Å². The monoisotopic (exact) mass is 714 g/mol. The number of thiophene rings is 1. The molecule has 0 aliphatic rings. The van der Waals surface area contributed by atoms with Crippen LogP contribution in [0.1, 0.15) is 0 Å². The Labute approximate surface area is 324 Å². The maximum absolute atomic E-state index is 2.42. The molecule has 0 aliphatic carbocycles. The third-order valence-electron chi connectivity index (χ3n) is 11.2. The molecule has 0 nitrogen and oxygen atoms in total. The molecule has 55 heavy (non-hydrogen) atoms. The van der Waals surface area contributed by atoms with Crippen molar-refractivity contribution in [1.82, 2.24) is 0 Å². The summed E-state index contributed by atoms with van der Waals surface area (Å²) in [6, 6.07) is 75.9. The molecule has 0 fully saturated rings. The molecule has 11 aromatic rings. The van der Waals surface area contributed by atoms with Crippen molar-refractivity contribution in [2.45, 2.75) is 0 Å². The van der Waals surface area contributed by atoms with Gasteiger partial charge in [0.05, 0.1) is 0 Å². The number of hydrogen-bond donors (Lipinski definition) is 0. The second-order valence-corrected chi connectivity index (χ2v) is 15.4. The summed E-state index contributed by atoms with van der Waals surface area (Å²) in [4.78, 5) is 0. The summed E-state index contributed by atoms with van der Waals surface area (Å²) in [5, 5.41) is 10.2. The lowest BCUT2D eigenvalue weighted by Gasteiger charge is -2.19. The fourth-order valence-electron chi connectivity index (χ4n) is 8.69. The highest BCUT2D eigenvalue weighted by atomic mass is 32.1. The van der Waals surface area contributed by atoms with Gasteiger partial charge in [-0.15, -0.1) is 11.3 Å². The third-order valence-corrected chi connectivity index (χ3v) is 12.5. The van der Waals surface area contributed by atoms with Gasteiger partial charge in [-0.25, -0.2) is 0 Å². The molecule has 1 heteroatoms. The van der Waals surface area contributed by atoms with Gasteiger partial charge in [0.25, 0.3) is 0 Å². The number of benzene rings is 10. The van der Waals surface area contributed by atoms with Crippen LogP contribution in [0.3, 0.4) is 0 Å². The molecular weight excluding hydrogens is 681 g/mol. The lowest BCUT2D eigenvalue weighted by molar-refractivity contribution is 1.62. The Hall–Kier alpha value is -6.80. The summed E-state index contributed by atoms with van der Waals surface area (Å²) >= 11 is 1.91. The molecule has 0 radical (unpaired) electrons. The Morgan fingerprint density at radius 1 is 0.236 bits per heavy atom. The lowest BCUT2D eigenvalue weighted by atomic mass is 9.85. The number of hydrogen-bond acceptors (Lipinski definition) is 1. The first-order chi connectivity index (χ1) is 27.3. The van der Waals surface area contributed by atoms with E-state index in [1.165, 1.54) is 108 Å². The van der Waals surface area contributed by atoms with Gasteiger partial charge in [0.1, 0.15) is 0 Å². The van der Waals surface area contributed by atoms with E-state index in [-0.39, 0.29) is 0 Å².